The van der Waals surface area contributed by atoms with Crippen LogP contribution in [0, 0.1) is 17.8 Å². The summed E-state index contributed by atoms with van der Waals surface area (Å²) < 4.78 is 68.3. The van der Waals surface area contributed by atoms with Gasteiger partial charge >= 0.3 is 39.5 Å². The standard InChI is InChI=1S/C70H136O17P2/c1-8-9-10-11-12-13-14-15-16-17-18-23-31-39-46-53-69(74)86-65(57-80-67(72)51-44-37-30-24-19-21-27-34-41-48-61(2)3)59-84-88(76,77)82-55-64(71)56-83-89(78,79)85-60-66(58-81-68(73)52-45-38-33-26-29-36-43-50-63(6)7)87-70(75)54-47-40-32-25-20-22-28-35-42-49-62(4)5/h61-66,71H,8-60H2,1-7H3,(H,76,77)(H,78,79)/t64-,65-,66-/m1/s1. The third-order valence-corrected chi connectivity index (χ3v) is 18.0. The van der Waals surface area contributed by atoms with Crippen LogP contribution in [-0.4, -0.2) is 96.7 Å². The highest BCUT2D eigenvalue weighted by Gasteiger charge is 2.30. The fourth-order valence-corrected chi connectivity index (χ4v) is 12.1. The van der Waals surface area contributed by atoms with Crippen LogP contribution < -0.4 is 0 Å². The summed E-state index contributed by atoms with van der Waals surface area (Å²) in [5.41, 5.74) is 0. The zero-order chi connectivity index (χ0) is 65.9. The highest BCUT2D eigenvalue weighted by molar-refractivity contribution is 7.47. The molecule has 0 aliphatic rings. The molecule has 0 fully saturated rings. The van der Waals surface area contributed by atoms with Gasteiger partial charge in [-0.05, 0) is 43.4 Å². The molecule has 0 aliphatic carbocycles. The van der Waals surface area contributed by atoms with Gasteiger partial charge in [0, 0.05) is 25.7 Å². The van der Waals surface area contributed by atoms with Crippen LogP contribution in [0.4, 0.5) is 0 Å². The number of hydrogen-bond donors (Lipinski definition) is 3. The minimum Gasteiger partial charge on any atom is -0.462 e. The highest BCUT2D eigenvalue weighted by Crippen LogP contribution is 2.45. The molecule has 0 aromatic carbocycles. The summed E-state index contributed by atoms with van der Waals surface area (Å²) in [4.78, 5) is 72.5. The Balaban J connectivity index is 5.25. The third-order valence-electron chi connectivity index (χ3n) is 16.1. The van der Waals surface area contributed by atoms with Crippen LogP contribution >= 0.6 is 15.6 Å². The molecule has 0 rings (SSSR count). The van der Waals surface area contributed by atoms with Crippen LogP contribution in [0.5, 0.6) is 0 Å². The van der Waals surface area contributed by atoms with Crippen molar-refractivity contribution in [2.45, 2.75) is 369 Å². The summed E-state index contributed by atoms with van der Waals surface area (Å²) in [6, 6.07) is 0. The van der Waals surface area contributed by atoms with Gasteiger partial charge in [-0.3, -0.25) is 37.3 Å². The normalized spacial score (nSPS) is 14.2. The van der Waals surface area contributed by atoms with Crippen molar-refractivity contribution in [2.24, 2.45) is 17.8 Å². The van der Waals surface area contributed by atoms with Crippen molar-refractivity contribution in [1.82, 2.24) is 0 Å². The molecule has 89 heavy (non-hydrogen) atoms. The number of rotatable bonds is 68. The summed E-state index contributed by atoms with van der Waals surface area (Å²) in [5, 5.41) is 10.6. The molecule has 3 N–H and O–H groups in total. The second-order valence-corrected chi connectivity index (χ2v) is 29.6. The second-order valence-electron chi connectivity index (χ2n) is 26.7. The number of carbonyl (C=O) groups excluding carboxylic acids is 4. The fraction of sp³-hybridized carbons (Fsp3) is 0.943. The Hall–Kier alpha value is -1.94. The van der Waals surface area contributed by atoms with E-state index in [-0.39, 0.29) is 25.7 Å². The van der Waals surface area contributed by atoms with Crippen LogP contribution in [0.25, 0.3) is 0 Å². The lowest BCUT2D eigenvalue weighted by Gasteiger charge is -2.21. The number of carbonyl (C=O) groups is 4. The predicted molar refractivity (Wildman–Crippen MR) is 358 cm³/mol. The van der Waals surface area contributed by atoms with E-state index in [2.05, 4.69) is 48.5 Å². The van der Waals surface area contributed by atoms with Crippen molar-refractivity contribution >= 4 is 39.5 Å². The van der Waals surface area contributed by atoms with Crippen LogP contribution in [0.15, 0.2) is 0 Å². The topological polar surface area (TPSA) is 237 Å². The van der Waals surface area contributed by atoms with Crippen LogP contribution in [0.2, 0.25) is 0 Å². The minimum atomic E-state index is -4.95. The molecule has 2 unspecified atom stereocenters. The summed E-state index contributed by atoms with van der Waals surface area (Å²) >= 11 is 0. The van der Waals surface area contributed by atoms with E-state index in [0.717, 1.165) is 108 Å². The van der Waals surface area contributed by atoms with Crippen molar-refractivity contribution in [3.05, 3.63) is 0 Å². The van der Waals surface area contributed by atoms with Crippen molar-refractivity contribution in [2.75, 3.05) is 39.6 Å². The molecule has 0 aromatic heterocycles. The molecule has 0 aromatic rings. The van der Waals surface area contributed by atoms with Gasteiger partial charge in [0.05, 0.1) is 26.4 Å². The molecule has 528 valence electrons. The maximum absolute atomic E-state index is 13.0. The Morgan fingerprint density at radius 1 is 0.303 bits per heavy atom. The number of aliphatic hydroxyl groups is 1. The van der Waals surface area contributed by atoms with Crippen LogP contribution in [0.3, 0.4) is 0 Å². The number of aliphatic hydroxyl groups excluding tert-OH is 1. The van der Waals surface area contributed by atoms with E-state index in [0.29, 0.717) is 31.6 Å². The molecular formula is C70H136O17P2. The smallest absolute Gasteiger partial charge is 0.462 e. The maximum atomic E-state index is 13.0. The summed E-state index contributed by atoms with van der Waals surface area (Å²) in [6.45, 7) is 11.8. The summed E-state index contributed by atoms with van der Waals surface area (Å²) in [7, 11) is -9.90. The first-order chi connectivity index (χ1) is 42.7. The molecule has 5 atom stereocenters. The maximum Gasteiger partial charge on any atom is 0.472 e. The van der Waals surface area contributed by atoms with Gasteiger partial charge in [-0.15, -0.1) is 0 Å². The molecule has 0 heterocycles. The Morgan fingerprint density at radius 3 is 0.764 bits per heavy atom. The molecular weight excluding hydrogens is 1170 g/mol. The van der Waals surface area contributed by atoms with E-state index >= 15 is 0 Å². The minimum absolute atomic E-state index is 0.104. The molecule has 0 spiro atoms. The molecule has 0 bridgehead atoms. The zero-order valence-electron chi connectivity index (χ0n) is 57.9. The van der Waals surface area contributed by atoms with Gasteiger partial charge in [0.1, 0.15) is 19.3 Å². The average molecular weight is 1310 g/mol. The van der Waals surface area contributed by atoms with E-state index in [9.17, 15) is 43.2 Å². The van der Waals surface area contributed by atoms with Crippen LogP contribution in [-0.2, 0) is 65.4 Å². The molecule has 0 amide bonds. The first-order valence-electron chi connectivity index (χ1n) is 36.3. The van der Waals surface area contributed by atoms with Crippen molar-refractivity contribution < 1.29 is 80.2 Å². The highest BCUT2D eigenvalue weighted by atomic mass is 31.2. The van der Waals surface area contributed by atoms with Gasteiger partial charge in [0.15, 0.2) is 12.2 Å². The van der Waals surface area contributed by atoms with Gasteiger partial charge in [-0.25, -0.2) is 9.13 Å². The average Bonchev–Trinajstić information content (AvgIpc) is 3.53. The van der Waals surface area contributed by atoms with Gasteiger partial charge in [-0.2, -0.15) is 0 Å². The lowest BCUT2D eigenvalue weighted by atomic mass is 10.0. The lowest BCUT2D eigenvalue weighted by molar-refractivity contribution is -0.161. The van der Waals surface area contributed by atoms with E-state index in [1.165, 1.54) is 154 Å². The first-order valence-corrected chi connectivity index (χ1v) is 39.3. The first kappa shape index (κ1) is 87.1. The number of hydrogen-bond acceptors (Lipinski definition) is 15. The fourth-order valence-electron chi connectivity index (χ4n) is 10.5. The number of ether oxygens (including phenoxy) is 4. The SMILES string of the molecule is CCCCCCCCCCCCCCCCCC(=O)O[C@H](COC(=O)CCCCCCCCCCCC(C)C)COP(=O)(O)OC[C@@H](O)COP(=O)(O)OC[C@@H](COC(=O)CCCCCCCCCC(C)C)OC(=O)CCCCCCCCCCCC(C)C. The van der Waals surface area contributed by atoms with Crippen molar-refractivity contribution in [3.63, 3.8) is 0 Å². The predicted octanol–water partition coefficient (Wildman–Crippen LogP) is 19.8. The number of phosphoric ester groups is 2. The van der Waals surface area contributed by atoms with E-state index in [4.69, 9.17) is 37.0 Å². The van der Waals surface area contributed by atoms with Gasteiger partial charge < -0.3 is 33.8 Å². The molecule has 0 saturated carbocycles. The molecule has 0 aliphatic heterocycles. The van der Waals surface area contributed by atoms with Gasteiger partial charge in [0.2, 0.25) is 0 Å². The van der Waals surface area contributed by atoms with E-state index in [1.807, 2.05) is 0 Å². The van der Waals surface area contributed by atoms with Gasteiger partial charge in [-0.1, -0.05) is 299 Å². The number of esters is 4. The van der Waals surface area contributed by atoms with Crippen LogP contribution in [0.1, 0.15) is 350 Å². The van der Waals surface area contributed by atoms with Gasteiger partial charge in [0.25, 0.3) is 0 Å². The zero-order valence-corrected chi connectivity index (χ0v) is 59.7. The van der Waals surface area contributed by atoms with Crippen molar-refractivity contribution in [3.8, 4) is 0 Å². The Kier molecular flexibility index (Phi) is 59.6. The molecule has 0 radical (unpaired) electrons. The monoisotopic (exact) mass is 1310 g/mol. The summed E-state index contributed by atoms with van der Waals surface area (Å²) in [6.07, 6.45) is 44.5. The molecule has 19 heteroatoms. The number of phosphoric acid groups is 2. The Labute approximate surface area is 543 Å². The van der Waals surface area contributed by atoms with E-state index < -0.39 is 97.5 Å². The molecule has 0 saturated heterocycles. The van der Waals surface area contributed by atoms with E-state index in [1.54, 1.807) is 0 Å². The second kappa shape index (κ2) is 61.0. The Bertz CT molecular complexity index is 1750. The lowest BCUT2D eigenvalue weighted by Crippen LogP contribution is -2.30. The quantitative estimate of drug-likeness (QED) is 0.0222. The Morgan fingerprint density at radius 2 is 0.517 bits per heavy atom. The molecule has 17 nitrogen and oxygen atoms in total. The largest absolute Gasteiger partial charge is 0.472 e. The number of unbranched alkanes of at least 4 members (excludes halogenated alkanes) is 36. The van der Waals surface area contributed by atoms with Crippen molar-refractivity contribution in [1.29, 1.82) is 0 Å². The third kappa shape index (κ3) is 64.6. The summed E-state index contributed by atoms with van der Waals surface area (Å²) in [5.74, 6) is 0.0584.